The normalized spacial score (nSPS) is 19.8. The minimum Gasteiger partial charge on any atom is -0.444 e. The summed E-state index contributed by atoms with van der Waals surface area (Å²) in [5.74, 6) is 0.103. The molecule has 6 heteroatoms. The molecular weight excluding hydrogens is 272 g/mol. The molecule has 2 N–H and O–H groups in total. The minimum absolute atomic E-state index is 0.0344. The summed E-state index contributed by atoms with van der Waals surface area (Å²) < 4.78 is 5.20. The Morgan fingerprint density at radius 1 is 1.38 bits per heavy atom. The summed E-state index contributed by atoms with van der Waals surface area (Å²) in [7, 11) is 0. The zero-order valence-corrected chi connectivity index (χ0v) is 13.7. The second kappa shape index (κ2) is 6.64. The lowest BCUT2D eigenvalue weighted by molar-refractivity contribution is -0.128. The second-order valence-electron chi connectivity index (χ2n) is 7.55. The average molecular weight is 300 g/mol. The fraction of sp³-hybridized carbons (Fsp3) is 0.867. The maximum absolute atomic E-state index is 11.8. The van der Waals surface area contributed by atoms with Crippen LogP contribution in [0.2, 0.25) is 0 Å². The van der Waals surface area contributed by atoms with Crippen molar-refractivity contribution in [3.8, 4) is 0 Å². The van der Waals surface area contributed by atoms with Crippen molar-refractivity contribution < 1.29 is 19.4 Å². The number of hydrogen-bond acceptors (Lipinski definition) is 4. The van der Waals surface area contributed by atoms with Gasteiger partial charge in [0.05, 0.1) is 0 Å². The van der Waals surface area contributed by atoms with Crippen LogP contribution in [0.4, 0.5) is 4.79 Å². The quantitative estimate of drug-likeness (QED) is 0.804. The predicted molar refractivity (Wildman–Crippen MR) is 79.8 cm³/mol. The Bertz CT molecular complexity index is 388. The fourth-order valence-corrected chi connectivity index (χ4v) is 2.33. The maximum Gasteiger partial charge on any atom is 0.407 e. The molecule has 1 rings (SSSR count). The topological polar surface area (TPSA) is 78.9 Å². The van der Waals surface area contributed by atoms with Gasteiger partial charge in [-0.1, -0.05) is 13.8 Å². The number of aliphatic hydroxyl groups excluding tert-OH is 1. The molecule has 1 unspecified atom stereocenters. The van der Waals surface area contributed by atoms with Gasteiger partial charge in [0.1, 0.15) is 5.60 Å². The van der Waals surface area contributed by atoms with Crippen LogP contribution in [0.15, 0.2) is 0 Å². The van der Waals surface area contributed by atoms with Crippen molar-refractivity contribution in [2.24, 2.45) is 11.3 Å². The first kappa shape index (κ1) is 17.8. The van der Waals surface area contributed by atoms with Gasteiger partial charge in [0.15, 0.2) is 0 Å². The Morgan fingerprint density at radius 2 is 2.00 bits per heavy atom. The third-order valence-corrected chi connectivity index (χ3v) is 3.28. The number of rotatable bonds is 5. The predicted octanol–water partition coefficient (Wildman–Crippen LogP) is 1.38. The third-order valence-electron chi connectivity index (χ3n) is 3.28. The molecule has 6 nitrogen and oxygen atoms in total. The smallest absolute Gasteiger partial charge is 0.407 e. The number of ether oxygens (including phenoxy) is 1. The summed E-state index contributed by atoms with van der Waals surface area (Å²) in [6.07, 6.45) is -0.0388. The number of carbonyl (C=O) groups excluding carboxylic acids is 2. The van der Waals surface area contributed by atoms with E-state index >= 15 is 0 Å². The number of alkyl carbamates (subject to hydrolysis) is 1. The van der Waals surface area contributed by atoms with Crippen LogP contribution in [0.3, 0.4) is 0 Å². The van der Waals surface area contributed by atoms with Crippen molar-refractivity contribution in [2.75, 3.05) is 26.2 Å². The van der Waals surface area contributed by atoms with Crippen LogP contribution >= 0.6 is 0 Å². The highest BCUT2D eigenvalue weighted by atomic mass is 16.6. The summed E-state index contributed by atoms with van der Waals surface area (Å²) in [4.78, 5) is 25.3. The van der Waals surface area contributed by atoms with Gasteiger partial charge < -0.3 is 20.1 Å². The Hall–Kier alpha value is -1.30. The van der Waals surface area contributed by atoms with Gasteiger partial charge in [-0.15, -0.1) is 0 Å². The first-order valence-electron chi connectivity index (χ1n) is 7.38. The Morgan fingerprint density at radius 3 is 2.48 bits per heavy atom. The second-order valence-corrected chi connectivity index (χ2v) is 7.55. The molecule has 1 aliphatic rings. The molecule has 0 aromatic rings. The highest BCUT2D eigenvalue weighted by molar-refractivity contribution is 5.78. The molecule has 0 saturated carbocycles. The first-order valence-corrected chi connectivity index (χ1v) is 7.38. The number of amides is 2. The Kier molecular flexibility index (Phi) is 5.61. The summed E-state index contributed by atoms with van der Waals surface area (Å²) >= 11 is 0. The molecule has 0 aromatic heterocycles. The summed E-state index contributed by atoms with van der Waals surface area (Å²) in [5.41, 5.74) is -0.773. The van der Waals surface area contributed by atoms with Gasteiger partial charge in [0.25, 0.3) is 0 Å². The summed E-state index contributed by atoms with van der Waals surface area (Å²) in [6, 6.07) is 0. The zero-order chi connectivity index (χ0) is 16.3. The van der Waals surface area contributed by atoms with Gasteiger partial charge >= 0.3 is 6.09 Å². The van der Waals surface area contributed by atoms with E-state index in [1.165, 1.54) is 0 Å². The highest BCUT2D eigenvalue weighted by Gasteiger charge is 2.33. The van der Waals surface area contributed by atoms with Crippen LogP contribution in [-0.4, -0.2) is 53.8 Å². The van der Waals surface area contributed by atoms with Gasteiger partial charge in [0.2, 0.25) is 5.91 Å². The van der Waals surface area contributed by atoms with Crippen LogP contribution in [0.25, 0.3) is 0 Å². The van der Waals surface area contributed by atoms with Crippen molar-refractivity contribution in [3.05, 3.63) is 0 Å². The molecule has 0 aromatic carbocycles. The van der Waals surface area contributed by atoms with Gasteiger partial charge in [-0.05, 0) is 26.2 Å². The van der Waals surface area contributed by atoms with Gasteiger partial charge in [-0.2, -0.15) is 0 Å². The van der Waals surface area contributed by atoms with Crippen molar-refractivity contribution in [1.82, 2.24) is 10.2 Å². The monoisotopic (exact) mass is 300 g/mol. The van der Waals surface area contributed by atoms with E-state index in [4.69, 9.17) is 9.84 Å². The zero-order valence-electron chi connectivity index (χ0n) is 13.7. The number of hydrogen-bond donors (Lipinski definition) is 2. The number of nitrogens with zero attached hydrogens (tertiary/aromatic N) is 1. The van der Waals surface area contributed by atoms with Gasteiger partial charge in [0, 0.05) is 38.6 Å². The maximum atomic E-state index is 11.8. The molecular formula is C15H28N2O4. The molecule has 2 amide bonds. The van der Waals surface area contributed by atoms with Crippen LogP contribution in [-0.2, 0) is 9.53 Å². The molecule has 1 aliphatic heterocycles. The van der Waals surface area contributed by atoms with Crippen LogP contribution in [0.5, 0.6) is 0 Å². The molecule has 1 saturated heterocycles. The number of likely N-dealkylation sites (tertiary alicyclic amines) is 1. The van der Waals surface area contributed by atoms with Gasteiger partial charge in [-0.25, -0.2) is 4.79 Å². The average Bonchev–Trinajstić information content (AvgIpc) is 2.65. The van der Waals surface area contributed by atoms with E-state index < -0.39 is 11.7 Å². The minimum atomic E-state index is -0.520. The lowest BCUT2D eigenvalue weighted by Gasteiger charge is -2.31. The van der Waals surface area contributed by atoms with Crippen LogP contribution < -0.4 is 5.32 Å². The molecule has 1 atom stereocenters. The van der Waals surface area contributed by atoms with E-state index in [1.807, 2.05) is 34.6 Å². The molecule has 1 fully saturated rings. The molecule has 0 radical (unpaired) electrons. The SMILES string of the molecule is CC(C)(CNC(=O)OC(C)(C)C)CN1CC(CO)CC1=O. The first-order chi connectivity index (χ1) is 9.52. The van der Waals surface area contributed by atoms with E-state index in [2.05, 4.69) is 5.32 Å². The number of nitrogens with one attached hydrogen (secondary N) is 1. The van der Waals surface area contributed by atoms with Crippen molar-refractivity contribution in [2.45, 2.75) is 46.6 Å². The largest absolute Gasteiger partial charge is 0.444 e. The van der Waals surface area contributed by atoms with Crippen molar-refractivity contribution >= 4 is 12.0 Å². The molecule has 1 heterocycles. The van der Waals surface area contributed by atoms with Crippen molar-refractivity contribution in [1.29, 1.82) is 0 Å². The lowest BCUT2D eigenvalue weighted by Crippen LogP contribution is -2.44. The van der Waals surface area contributed by atoms with E-state index in [0.717, 1.165) is 0 Å². The van der Waals surface area contributed by atoms with E-state index in [1.54, 1.807) is 4.90 Å². The summed E-state index contributed by atoms with van der Waals surface area (Å²) in [5, 5.41) is 11.9. The van der Waals surface area contributed by atoms with E-state index in [-0.39, 0.29) is 23.8 Å². The molecule has 21 heavy (non-hydrogen) atoms. The number of aliphatic hydroxyl groups is 1. The van der Waals surface area contributed by atoms with E-state index in [9.17, 15) is 9.59 Å². The Balaban J connectivity index is 2.43. The molecule has 0 bridgehead atoms. The molecule has 0 aliphatic carbocycles. The molecule has 0 spiro atoms. The van der Waals surface area contributed by atoms with Crippen LogP contribution in [0.1, 0.15) is 41.0 Å². The van der Waals surface area contributed by atoms with Crippen molar-refractivity contribution in [3.63, 3.8) is 0 Å². The number of carbonyl (C=O) groups is 2. The standard InChI is InChI=1S/C15H28N2O4/c1-14(2,3)21-13(20)16-9-15(4,5)10-17-7-11(8-18)6-12(17)19/h11,18H,6-10H2,1-5H3,(H,16,20). The third kappa shape index (κ3) is 6.33. The summed E-state index contributed by atoms with van der Waals surface area (Å²) in [6.45, 7) is 11.0. The highest BCUT2D eigenvalue weighted by Crippen LogP contribution is 2.23. The fourth-order valence-electron chi connectivity index (χ4n) is 2.33. The van der Waals surface area contributed by atoms with Crippen LogP contribution in [0, 0.1) is 11.3 Å². The lowest BCUT2D eigenvalue weighted by atomic mass is 9.93. The van der Waals surface area contributed by atoms with E-state index in [0.29, 0.717) is 26.1 Å². The Labute approximate surface area is 126 Å². The molecule has 122 valence electrons. The van der Waals surface area contributed by atoms with Gasteiger partial charge in [-0.3, -0.25) is 4.79 Å².